The normalized spacial score (nSPS) is 22.5. The Morgan fingerprint density at radius 2 is 0.690 bits per heavy atom. The number of fused-ring (bicyclic) bond motifs is 11. The lowest BCUT2D eigenvalue weighted by Gasteiger charge is -2.38. The fourth-order valence-electron chi connectivity index (χ4n) is 13.2. The van der Waals surface area contributed by atoms with E-state index in [0.29, 0.717) is 33.4 Å². The van der Waals surface area contributed by atoms with Crippen LogP contribution >= 0.6 is 0 Å². The van der Waals surface area contributed by atoms with E-state index in [2.05, 4.69) is 36.4 Å². The average molecular weight is 759 g/mol. The van der Waals surface area contributed by atoms with Crippen molar-refractivity contribution < 1.29 is 19.2 Å². The summed E-state index contributed by atoms with van der Waals surface area (Å²) in [5.41, 5.74) is 15.3. The van der Waals surface area contributed by atoms with Crippen molar-refractivity contribution in [3.05, 3.63) is 163 Å². The van der Waals surface area contributed by atoms with Crippen molar-refractivity contribution in [3.63, 3.8) is 0 Å². The zero-order valence-corrected chi connectivity index (χ0v) is 33.0. The van der Waals surface area contributed by atoms with Crippen LogP contribution in [0.5, 0.6) is 0 Å². The molecule has 12 rings (SSSR count). The highest BCUT2D eigenvalue weighted by molar-refractivity contribution is 6.40. The molecule has 3 fully saturated rings. The number of hydrogen-bond acceptors (Lipinski definition) is 4. The third kappa shape index (κ3) is 4.47. The lowest BCUT2D eigenvalue weighted by atomic mass is 9.65. The summed E-state index contributed by atoms with van der Waals surface area (Å²) in [6.45, 7) is 0. The lowest BCUT2D eigenvalue weighted by molar-refractivity contribution is 0.0973. The van der Waals surface area contributed by atoms with E-state index in [0.717, 1.165) is 75.4 Å². The number of rotatable bonds is 2. The topological polar surface area (TPSA) is 68.3 Å². The molecule has 8 aliphatic rings. The predicted molar refractivity (Wildman–Crippen MR) is 228 cm³/mol. The van der Waals surface area contributed by atoms with Gasteiger partial charge in [-0.1, -0.05) is 118 Å². The minimum Gasteiger partial charge on any atom is -0.288 e. The molecule has 58 heavy (non-hydrogen) atoms. The molecule has 4 nitrogen and oxygen atoms in total. The molecule has 4 heteroatoms. The smallest absolute Gasteiger partial charge is 0.197 e. The summed E-state index contributed by atoms with van der Waals surface area (Å²) in [5.74, 6) is -0.606. The van der Waals surface area contributed by atoms with E-state index in [1.54, 1.807) is 24.3 Å². The van der Waals surface area contributed by atoms with E-state index in [4.69, 9.17) is 0 Å². The quantitative estimate of drug-likeness (QED) is 0.151. The number of benzene rings is 4. The molecule has 0 aliphatic heterocycles. The summed E-state index contributed by atoms with van der Waals surface area (Å²) in [6, 6.07) is 24.7. The van der Waals surface area contributed by atoms with Crippen LogP contribution in [0.15, 0.2) is 107 Å². The first-order valence-corrected chi connectivity index (χ1v) is 22.0. The van der Waals surface area contributed by atoms with Gasteiger partial charge in [0.05, 0.1) is 11.1 Å². The van der Waals surface area contributed by atoms with Gasteiger partial charge >= 0.3 is 0 Å². The Morgan fingerprint density at radius 1 is 0.362 bits per heavy atom. The predicted octanol–water partition coefficient (Wildman–Crippen LogP) is 12.1. The third-order valence-corrected chi connectivity index (χ3v) is 16.0. The number of Topliss-reactive ketones (excluding diaryl/α,β-unsaturated/α-hetero) is 4. The molecule has 0 unspecified atom stereocenters. The van der Waals surface area contributed by atoms with Crippen LogP contribution in [-0.4, -0.2) is 23.1 Å². The fraction of sp³-hybridized carbons (Fsp3) is 0.333. The third-order valence-electron chi connectivity index (χ3n) is 16.0. The van der Waals surface area contributed by atoms with Crippen LogP contribution in [0.1, 0.15) is 171 Å². The Labute approximate surface area is 339 Å². The molecule has 8 aliphatic carbocycles. The lowest BCUT2D eigenvalue weighted by Crippen LogP contribution is -2.30. The van der Waals surface area contributed by atoms with Gasteiger partial charge in [0.25, 0.3) is 0 Å². The Balaban J connectivity index is 1.01. The van der Waals surface area contributed by atoms with E-state index in [1.165, 1.54) is 76.6 Å². The molecule has 3 saturated carbocycles. The standard InChI is InChI=1S/C54H46O4/c55-48-36-14-4-5-15-37(36)49(56)42(48)28-34-24-32-26-46-40(30-44(32)52(34)18-8-1-9-19-52)41-31-45-33(27-47(41)54(46)22-12-3-13-23-54)25-35(53(45)20-10-2-11-21-53)29-43-50(57)38-16-6-7-17-39(38)51(43)58/h4-7,14-17,24-31H,1-3,8-13,18-23H2. The van der Waals surface area contributed by atoms with Gasteiger partial charge in [-0.25, -0.2) is 0 Å². The van der Waals surface area contributed by atoms with Gasteiger partial charge in [0, 0.05) is 38.5 Å². The molecule has 0 amide bonds. The van der Waals surface area contributed by atoms with Gasteiger partial charge in [-0.2, -0.15) is 0 Å². The molecule has 286 valence electrons. The van der Waals surface area contributed by atoms with Gasteiger partial charge in [-0.3, -0.25) is 19.2 Å². The number of ketones is 4. The summed E-state index contributed by atoms with van der Waals surface area (Å²) in [6.07, 6.45) is 25.4. The van der Waals surface area contributed by atoms with E-state index in [-0.39, 0.29) is 39.4 Å². The Kier molecular flexibility index (Phi) is 7.31. The first-order chi connectivity index (χ1) is 28.3. The average Bonchev–Trinajstić information content (AvgIpc) is 3.95. The van der Waals surface area contributed by atoms with E-state index >= 15 is 0 Å². The SMILES string of the molecule is O=C1C(=CC2=Cc3cc4c(cc3C23CCCCC3)-c2cc3c(cc2C42CCCCC2)C=C(C=C2C(=O)c4ccccc4C2=O)C32CCCCC2)C(=O)c2ccccc21. The molecular weight excluding hydrogens is 713 g/mol. The van der Waals surface area contributed by atoms with Gasteiger partial charge in [0.2, 0.25) is 0 Å². The molecule has 4 aromatic carbocycles. The fourth-order valence-corrected chi connectivity index (χ4v) is 13.2. The molecule has 0 radical (unpaired) electrons. The maximum absolute atomic E-state index is 13.7. The highest BCUT2D eigenvalue weighted by Gasteiger charge is 2.51. The second kappa shape index (κ2) is 12.3. The Morgan fingerprint density at radius 3 is 1.03 bits per heavy atom. The zero-order valence-electron chi connectivity index (χ0n) is 33.0. The van der Waals surface area contributed by atoms with Crippen LogP contribution < -0.4 is 0 Å². The molecule has 0 N–H and O–H groups in total. The highest BCUT2D eigenvalue weighted by Crippen LogP contribution is 2.62. The summed E-state index contributed by atoms with van der Waals surface area (Å²) in [5, 5.41) is 0. The van der Waals surface area contributed by atoms with Gasteiger partial charge in [0.1, 0.15) is 0 Å². The first-order valence-electron chi connectivity index (χ1n) is 22.0. The second-order valence-corrected chi connectivity index (χ2v) is 18.6. The highest BCUT2D eigenvalue weighted by atomic mass is 16.2. The van der Waals surface area contributed by atoms with Crippen molar-refractivity contribution in [2.24, 2.45) is 0 Å². The molecule has 0 saturated heterocycles. The van der Waals surface area contributed by atoms with Crippen molar-refractivity contribution in [1.82, 2.24) is 0 Å². The minimum absolute atomic E-state index is 0.0748. The van der Waals surface area contributed by atoms with Crippen LogP contribution in [0.2, 0.25) is 0 Å². The van der Waals surface area contributed by atoms with E-state index < -0.39 is 0 Å². The molecule has 0 bridgehead atoms. The maximum Gasteiger partial charge on any atom is 0.197 e. The van der Waals surface area contributed by atoms with Crippen molar-refractivity contribution in [2.75, 3.05) is 0 Å². The van der Waals surface area contributed by atoms with Gasteiger partial charge < -0.3 is 0 Å². The van der Waals surface area contributed by atoms with Gasteiger partial charge in [0.15, 0.2) is 23.1 Å². The summed E-state index contributed by atoms with van der Waals surface area (Å²) in [7, 11) is 0. The minimum atomic E-state index is -0.229. The van der Waals surface area contributed by atoms with E-state index in [9.17, 15) is 19.2 Å². The summed E-state index contributed by atoms with van der Waals surface area (Å²) < 4.78 is 0. The molecule has 0 atom stereocenters. The largest absolute Gasteiger partial charge is 0.288 e. The monoisotopic (exact) mass is 758 g/mol. The van der Waals surface area contributed by atoms with Crippen LogP contribution in [0.4, 0.5) is 0 Å². The van der Waals surface area contributed by atoms with Crippen molar-refractivity contribution in [2.45, 2.75) is 113 Å². The molecule has 0 aromatic heterocycles. The summed E-state index contributed by atoms with van der Waals surface area (Å²) >= 11 is 0. The van der Waals surface area contributed by atoms with E-state index in [1.807, 2.05) is 36.4 Å². The van der Waals surface area contributed by atoms with Crippen molar-refractivity contribution in [3.8, 4) is 11.1 Å². The molecule has 3 spiro atoms. The summed E-state index contributed by atoms with van der Waals surface area (Å²) in [4.78, 5) is 54.8. The molecular formula is C54H46O4. The Hall–Kier alpha value is -5.48. The Bertz CT molecular complexity index is 2470. The number of allylic oxidation sites excluding steroid dienone is 6. The number of carbonyl (C=O) groups excluding carboxylic acids is 4. The maximum atomic E-state index is 13.7. The van der Waals surface area contributed by atoms with Crippen LogP contribution in [0.3, 0.4) is 0 Å². The second-order valence-electron chi connectivity index (χ2n) is 18.6. The molecule has 4 aromatic rings. The molecule has 0 heterocycles. The van der Waals surface area contributed by atoms with Crippen LogP contribution in [0, 0.1) is 0 Å². The zero-order chi connectivity index (χ0) is 39.0. The van der Waals surface area contributed by atoms with Crippen molar-refractivity contribution in [1.29, 1.82) is 0 Å². The van der Waals surface area contributed by atoms with Crippen LogP contribution in [-0.2, 0) is 16.2 Å². The van der Waals surface area contributed by atoms with Crippen molar-refractivity contribution >= 4 is 35.3 Å². The first kappa shape index (κ1) is 34.6. The van der Waals surface area contributed by atoms with Crippen LogP contribution in [0.25, 0.3) is 23.3 Å². The number of hydrogen-bond donors (Lipinski definition) is 0. The number of carbonyl (C=O) groups is 4. The van der Waals surface area contributed by atoms with Gasteiger partial charge in [-0.05, 0) is 131 Å². The van der Waals surface area contributed by atoms with Gasteiger partial charge in [-0.15, -0.1) is 0 Å².